The molecule has 1 unspecified atom stereocenters. The van der Waals surface area contributed by atoms with Gasteiger partial charge >= 0.3 is 0 Å². The maximum atomic E-state index is 3.33. The summed E-state index contributed by atoms with van der Waals surface area (Å²) in [6.45, 7) is 9.37. The molecule has 1 heteroatoms. The average molecular weight is 295 g/mol. The van der Waals surface area contributed by atoms with Crippen molar-refractivity contribution < 1.29 is 0 Å². The van der Waals surface area contributed by atoms with E-state index < -0.39 is 0 Å². The lowest BCUT2D eigenvalue weighted by Gasteiger charge is -2.40. The fourth-order valence-corrected chi connectivity index (χ4v) is 4.29. The van der Waals surface area contributed by atoms with Gasteiger partial charge in [-0.2, -0.15) is 0 Å². The van der Waals surface area contributed by atoms with Gasteiger partial charge < -0.3 is 0 Å². The molecule has 2 radical (unpaired) electrons. The summed E-state index contributed by atoms with van der Waals surface area (Å²) in [5.74, 6) is 0.924. The van der Waals surface area contributed by atoms with E-state index in [0.717, 1.165) is 5.92 Å². The van der Waals surface area contributed by atoms with E-state index in [2.05, 4.69) is 44.0 Å². The number of hydrogen-bond donors (Lipinski definition) is 0. The summed E-state index contributed by atoms with van der Waals surface area (Å²) in [6, 6.07) is 0. The molecule has 0 aliphatic rings. The van der Waals surface area contributed by atoms with E-state index in [9.17, 15) is 0 Å². The molecule has 0 fully saturated rings. The molecule has 0 heterocycles. The highest BCUT2D eigenvalue weighted by atomic mass is 27.0. The van der Waals surface area contributed by atoms with Crippen molar-refractivity contribution in [1.29, 1.82) is 0 Å². The van der Waals surface area contributed by atoms with E-state index in [4.69, 9.17) is 0 Å². The van der Waals surface area contributed by atoms with Gasteiger partial charge in [-0.1, -0.05) is 121 Å². The quantitative estimate of drug-likeness (QED) is 0.237. The van der Waals surface area contributed by atoms with Gasteiger partial charge in [0.2, 0.25) is 0 Å². The predicted octanol–water partition coefficient (Wildman–Crippen LogP) is 7.08. The fourth-order valence-electron chi connectivity index (χ4n) is 3.48. The first kappa shape index (κ1) is 20.5. The van der Waals surface area contributed by atoms with Gasteiger partial charge in [-0.05, 0) is 0 Å². The summed E-state index contributed by atoms with van der Waals surface area (Å²) >= 11 is 3.33. The maximum Gasteiger partial charge on any atom is 0.130 e. The third-order valence-corrected chi connectivity index (χ3v) is 6.00. The minimum absolute atomic E-state index is 0.535. The zero-order chi connectivity index (χ0) is 15.3. The molecule has 0 aliphatic carbocycles. The van der Waals surface area contributed by atoms with Crippen LogP contribution in [0.4, 0.5) is 0 Å². The Kier molecular flexibility index (Phi) is 13.6. The zero-order valence-corrected chi connectivity index (χ0v) is 16.0. The highest BCUT2D eigenvalue weighted by Gasteiger charge is 2.29. The second-order valence-electron chi connectivity index (χ2n) is 6.75. The zero-order valence-electron chi connectivity index (χ0n) is 14.8. The van der Waals surface area contributed by atoms with Crippen molar-refractivity contribution in [3.8, 4) is 0 Å². The largest absolute Gasteiger partial charge is 0.130 e. The third-order valence-electron chi connectivity index (χ3n) is 4.95. The first-order valence-electron chi connectivity index (χ1n) is 9.43. The Morgan fingerprint density at radius 2 is 1.15 bits per heavy atom. The van der Waals surface area contributed by atoms with Crippen LogP contribution in [-0.4, -0.2) is 16.3 Å². The highest BCUT2D eigenvalue weighted by molar-refractivity contribution is 6.15. The standard InChI is InChI=1S/C19H39.Al/c1-5-9-12-15-18(8-4)19(16-13-10-6-2)17-14-11-7-3;/h18H,5-17H2,1-4H3;. The summed E-state index contributed by atoms with van der Waals surface area (Å²) in [5, 5.41) is 0. The summed E-state index contributed by atoms with van der Waals surface area (Å²) in [6.07, 6.45) is 18.3. The lowest BCUT2D eigenvalue weighted by Crippen LogP contribution is -2.24. The van der Waals surface area contributed by atoms with E-state index >= 15 is 0 Å². The van der Waals surface area contributed by atoms with Gasteiger partial charge in [0.1, 0.15) is 16.3 Å². The molecule has 1 atom stereocenters. The van der Waals surface area contributed by atoms with Gasteiger partial charge in [-0.25, -0.2) is 0 Å². The van der Waals surface area contributed by atoms with Crippen molar-refractivity contribution in [2.75, 3.05) is 0 Å². The molecule has 20 heavy (non-hydrogen) atoms. The van der Waals surface area contributed by atoms with E-state index in [1.165, 1.54) is 83.5 Å². The molecule has 118 valence electrons. The Morgan fingerprint density at radius 3 is 1.55 bits per heavy atom. The molecule has 0 bridgehead atoms. The molecule has 0 saturated carbocycles. The van der Waals surface area contributed by atoms with Crippen LogP contribution < -0.4 is 0 Å². The first-order chi connectivity index (χ1) is 9.64. The molecule has 0 nitrogen and oxygen atoms in total. The Labute approximate surface area is 137 Å². The van der Waals surface area contributed by atoms with Crippen LogP contribution in [0.2, 0.25) is 4.28 Å². The topological polar surface area (TPSA) is 0 Å². The van der Waals surface area contributed by atoms with E-state index in [1.807, 2.05) is 0 Å². The van der Waals surface area contributed by atoms with Crippen molar-refractivity contribution in [3.63, 3.8) is 0 Å². The van der Waals surface area contributed by atoms with Crippen LogP contribution in [-0.2, 0) is 0 Å². The summed E-state index contributed by atoms with van der Waals surface area (Å²) in [5.41, 5.74) is 0. The highest BCUT2D eigenvalue weighted by Crippen LogP contribution is 2.47. The lowest BCUT2D eigenvalue weighted by molar-refractivity contribution is 0.270. The van der Waals surface area contributed by atoms with Crippen LogP contribution in [0, 0.1) is 5.92 Å². The van der Waals surface area contributed by atoms with Gasteiger partial charge in [0.05, 0.1) is 0 Å². The van der Waals surface area contributed by atoms with E-state index in [-0.39, 0.29) is 0 Å². The molecule has 0 amide bonds. The fraction of sp³-hybridized carbons (Fsp3) is 1.00. The number of rotatable bonds is 14. The van der Waals surface area contributed by atoms with Crippen LogP contribution >= 0.6 is 0 Å². The van der Waals surface area contributed by atoms with Gasteiger partial charge in [0, 0.05) is 0 Å². The minimum atomic E-state index is 0.535. The van der Waals surface area contributed by atoms with Gasteiger partial charge in [-0.15, -0.1) is 0 Å². The Balaban J connectivity index is 4.48. The monoisotopic (exact) mass is 294 g/mol. The normalized spacial score (nSPS) is 13.6. The molecular formula is C19H39Al. The lowest BCUT2D eigenvalue weighted by atomic mass is 9.78. The summed E-state index contributed by atoms with van der Waals surface area (Å²) in [4.78, 5) is 0. The number of hydrogen-bond acceptors (Lipinski definition) is 0. The SMILES string of the molecule is CCCCCC(CC)[C]([Al])(CCCCC)CCCCC. The molecule has 0 aromatic heterocycles. The van der Waals surface area contributed by atoms with E-state index in [0.29, 0.717) is 4.28 Å². The molecule has 0 aliphatic heterocycles. The van der Waals surface area contributed by atoms with Gasteiger partial charge in [0.25, 0.3) is 0 Å². The van der Waals surface area contributed by atoms with E-state index in [1.54, 1.807) is 0 Å². The maximum absolute atomic E-state index is 3.33. The number of unbranched alkanes of at least 4 members (excludes halogenated alkanes) is 6. The van der Waals surface area contributed by atoms with Gasteiger partial charge in [0.15, 0.2) is 0 Å². The minimum Gasteiger partial charge on any atom is -0.0940 e. The van der Waals surface area contributed by atoms with Crippen molar-refractivity contribution in [1.82, 2.24) is 0 Å². The Hall–Kier alpha value is 0.532. The van der Waals surface area contributed by atoms with Gasteiger partial charge in [-0.3, -0.25) is 0 Å². The second-order valence-corrected chi connectivity index (χ2v) is 7.90. The molecule has 0 aromatic carbocycles. The predicted molar refractivity (Wildman–Crippen MR) is 94.7 cm³/mol. The Bertz CT molecular complexity index is 190. The van der Waals surface area contributed by atoms with Crippen molar-refractivity contribution in [2.24, 2.45) is 5.92 Å². The summed E-state index contributed by atoms with van der Waals surface area (Å²) in [7, 11) is 0. The van der Waals surface area contributed by atoms with Crippen LogP contribution in [0.15, 0.2) is 0 Å². The van der Waals surface area contributed by atoms with Crippen molar-refractivity contribution in [3.05, 3.63) is 0 Å². The Morgan fingerprint density at radius 1 is 0.700 bits per heavy atom. The summed E-state index contributed by atoms with van der Waals surface area (Å²) < 4.78 is 0.535. The first-order valence-corrected chi connectivity index (χ1v) is 10.0. The molecular weight excluding hydrogens is 255 g/mol. The second kappa shape index (κ2) is 13.2. The van der Waals surface area contributed by atoms with Crippen LogP contribution in [0.5, 0.6) is 0 Å². The molecule has 0 saturated heterocycles. The van der Waals surface area contributed by atoms with Crippen LogP contribution in [0.3, 0.4) is 0 Å². The van der Waals surface area contributed by atoms with Crippen LogP contribution in [0.25, 0.3) is 0 Å². The molecule has 0 rings (SSSR count). The third kappa shape index (κ3) is 8.74. The average Bonchev–Trinajstić information content (AvgIpc) is 2.44. The molecule has 0 spiro atoms. The molecule has 0 aromatic rings. The van der Waals surface area contributed by atoms with Crippen molar-refractivity contribution in [2.45, 2.75) is 115 Å². The van der Waals surface area contributed by atoms with Crippen LogP contribution in [0.1, 0.15) is 111 Å². The smallest absolute Gasteiger partial charge is 0.0940 e. The molecule has 0 N–H and O–H groups in total. The van der Waals surface area contributed by atoms with Crippen molar-refractivity contribution >= 4 is 16.3 Å².